The number of thiazole rings is 1. The Hall–Kier alpha value is -1.29. The Morgan fingerprint density at radius 2 is 1.86 bits per heavy atom. The summed E-state index contributed by atoms with van der Waals surface area (Å²) in [7, 11) is -3.20. The van der Waals surface area contributed by atoms with Crippen molar-refractivity contribution in [2.75, 3.05) is 6.26 Å². The Morgan fingerprint density at radius 3 is 2.55 bits per heavy atom. The molecule has 0 aliphatic rings. The van der Waals surface area contributed by atoms with Crippen LogP contribution in [0.4, 0.5) is 0 Å². The van der Waals surface area contributed by atoms with Gasteiger partial charge in [0.05, 0.1) is 6.20 Å². The summed E-state index contributed by atoms with van der Waals surface area (Å²) in [6, 6.07) is 10.1. The summed E-state index contributed by atoms with van der Waals surface area (Å²) in [6.45, 7) is 0. The summed E-state index contributed by atoms with van der Waals surface area (Å²) in [5.41, 5.74) is 1.18. The summed E-state index contributed by atoms with van der Waals surface area (Å²) >= 11 is 3.99. The van der Waals surface area contributed by atoms with E-state index in [9.17, 15) is 8.42 Å². The molecule has 0 aliphatic heterocycles. The van der Waals surface area contributed by atoms with Crippen LogP contribution in [0.15, 0.2) is 49.4 Å². The van der Waals surface area contributed by atoms with Crippen LogP contribution < -0.4 is 0 Å². The second-order valence-electron chi connectivity index (χ2n) is 4.44. The Kier molecular flexibility index (Phi) is 4.57. The van der Waals surface area contributed by atoms with E-state index in [0.29, 0.717) is 4.34 Å². The van der Waals surface area contributed by atoms with Crippen LogP contribution >= 0.6 is 34.4 Å². The second kappa shape index (κ2) is 6.45. The zero-order valence-electron chi connectivity index (χ0n) is 11.5. The fraction of sp³-hybridized carbons (Fsp3) is 0.154. The van der Waals surface area contributed by atoms with Crippen molar-refractivity contribution >= 4 is 44.3 Å². The van der Waals surface area contributed by atoms with E-state index < -0.39 is 9.84 Å². The van der Waals surface area contributed by atoms with Crippen LogP contribution in [0.25, 0.3) is 0 Å². The van der Waals surface area contributed by atoms with Crippen LogP contribution in [-0.4, -0.2) is 29.9 Å². The molecule has 0 spiro atoms. The summed E-state index contributed by atoms with van der Waals surface area (Å²) in [5.74, 6) is 0. The Bertz CT molecular complexity index is 872. The van der Waals surface area contributed by atoms with E-state index >= 15 is 0 Å². The fourth-order valence-corrected chi connectivity index (χ4v) is 5.75. The standard InChI is InChI=1S/C13H11N3O2S4/c1-22(17,18)11-8-14-12(20-11)21-13-16-15-10(19-13)7-9-5-3-2-4-6-9/h2-6,8H,7H2,1H3. The van der Waals surface area contributed by atoms with Crippen molar-refractivity contribution in [1.29, 1.82) is 0 Å². The second-order valence-corrected chi connectivity index (χ2v) is 10.3. The van der Waals surface area contributed by atoms with Gasteiger partial charge in [0, 0.05) is 12.7 Å². The SMILES string of the molecule is CS(=O)(=O)c1cnc(Sc2nnc(Cc3ccccc3)s2)s1. The van der Waals surface area contributed by atoms with Gasteiger partial charge in [-0.3, -0.25) is 0 Å². The van der Waals surface area contributed by atoms with Gasteiger partial charge in [-0.15, -0.1) is 10.2 Å². The molecule has 5 nitrogen and oxygen atoms in total. The Labute approximate surface area is 140 Å². The summed E-state index contributed by atoms with van der Waals surface area (Å²) in [5, 5.41) is 9.22. The van der Waals surface area contributed by atoms with Gasteiger partial charge in [-0.1, -0.05) is 53.0 Å². The number of hydrogen-bond donors (Lipinski definition) is 0. The Balaban J connectivity index is 1.71. The van der Waals surface area contributed by atoms with Gasteiger partial charge in [0.15, 0.2) is 18.5 Å². The molecule has 0 saturated heterocycles. The van der Waals surface area contributed by atoms with E-state index in [1.54, 1.807) is 0 Å². The van der Waals surface area contributed by atoms with Crippen LogP contribution in [0, 0.1) is 0 Å². The third kappa shape index (κ3) is 3.92. The van der Waals surface area contributed by atoms with Gasteiger partial charge < -0.3 is 0 Å². The molecule has 22 heavy (non-hydrogen) atoms. The van der Waals surface area contributed by atoms with Gasteiger partial charge in [0.2, 0.25) is 0 Å². The molecular formula is C13H11N3O2S4. The van der Waals surface area contributed by atoms with Crippen molar-refractivity contribution in [2.24, 2.45) is 0 Å². The molecule has 0 aliphatic carbocycles. The summed E-state index contributed by atoms with van der Waals surface area (Å²) in [4.78, 5) is 4.11. The highest BCUT2D eigenvalue weighted by Crippen LogP contribution is 2.34. The van der Waals surface area contributed by atoms with Crippen molar-refractivity contribution in [1.82, 2.24) is 15.2 Å². The highest BCUT2D eigenvalue weighted by Gasteiger charge is 2.14. The average Bonchev–Trinajstić information content (AvgIpc) is 3.10. The first-order valence-electron chi connectivity index (χ1n) is 6.21. The lowest BCUT2D eigenvalue weighted by Gasteiger charge is -1.94. The fourth-order valence-electron chi connectivity index (χ4n) is 1.66. The highest BCUT2D eigenvalue weighted by atomic mass is 32.2. The van der Waals surface area contributed by atoms with Crippen molar-refractivity contribution in [3.63, 3.8) is 0 Å². The smallest absolute Gasteiger partial charge is 0.186 e. The number of sulfone groups is 1. The minimum Gasteiger partial charge on any atom is -0.236 e. The van der Waals surface area contributed by atoms with E-state index in [0.717, 1.165) is 27.1 Å². The van der Waals surface area contributed by atoms with Gasteiger partial charge in [0.25, 0.3) is 0 Å². The van der Waals surface area contributed by atoms with E-state index in [1.807, 2.05) is 30.3 Å². The third-order valence-electron chi connectivity index (χ3n) is 2.65. The van der Waals surface area contributed by atoms with E-state index in [-0.39, 0.29) is 4.21 Å². The van der Waals surface area contributed by atoms with Crippen LogP contribution in [0.1, 0.15) is 10.6 Å². The molecule has 0 bridgehead atoms. The largest absolute Gasteiger partial charge is 0.236 e. The molecule has 0 unspecified atom stereocenters. The zero-order chi connectivity index (χ0) is 15.6. The molecule has 3 rings (SSSR count). The normalized spacial score (nSPS) is 11.7. The third-order valence-corrected chi connectivity index (χ3v) is 7.49. The van der Waals surface area contributed by atoms with E-state index in [1.165, 1.54) is 41.1 Å². The number of hydrogen-bond acceptors (Lipinski definition) is 8. The highest BCUT2D eigenvalue weighted by molar-refractivity contribution is 8.03. The first-order chi connectivity index (χ1) is 10.5. The van der Waals surface area contributed by atoms with Crippen LogP contribution in [0.3, 0.4) is 0 Å². The van der Waals surface area contributed by atoms with Gasteiger partial charge in [-0.25, -0.2) is 13.4 Å². The van der Waals surface area contributed by atoms with Gasteiger partial charge in [-0.2, -0.15) is 0 Å². The quantitative estimate of drug-likeness (QED) is 0.688. The number of benzene rings is 1. The minimum atomic E-state index is -3.20. The van der Waals surface area contributed by atoms with Crippen molar-refractivity contribution in [2.45, 2.75) is 19.3 Å². The molecule has 0 atom stereocenters. The summed E-state index contributed by atoms with van der Waals surface area (Å²) in [6.07, 6.45) is 3.30. The van der Waals surface area contributed by atoms with Crippen molar-refractivity contribution in [3.05, 3.63) is 47.1 Å². The maximum absolute atomic E-state index is 11.4. The maximum atomic E-state index is 11.4. The zero-order valence-corrected chi connectivity index (χ0v) is 14.7. The van der Waals surface area contributed by atoms with Crippen molar-refractivity contribution < 1.29 is 8.42 Å². The molecule has 9 heteroatoms. The molecule has 0 saturated carbocycles. The first kappa shape index (κ1) is 15.6. The molecule has 0 N–H and O–H groups in total. The van der Waals surface area contributed by atoms with Crippen molar-refractivity contribution in [3.8, 4) is 0 Å². The van der Waals surface area contributed by atoms with Gasteiger partial charge in [-0.05, 0) is 17.3 Å². The van der Waals surface area contributed by atoms with Gasteiger partial charge >= 0.3 is 0 Å². The predicted molar refractivity (Wildman–Crippen MR) is 88.5 cm³/mol. The van der Waals surface area contributed by atoms with Crippen LogP contribution in [0.2, 0.25) is 0 Å². The lowest BCUT2D eigenvalue weighted by molar-refractivity contribution is 0.603. The lowest BCUT2D eigenvalue weighted by atomic mass is 10.2. The Morgan fingerprint density at radius 1 is 1.09 bits per heavy atom. The minimum absolute atomic E-state index is 0.268. The maximum Gasteiger partial charge on any atom is 0.186 e. The number of aromatic nitrogens is 3. The molecule has 0 fully saturated rings. The van der Waals surface area contributed by atoms with E-state index in [2.05, 4.69) is 15.2 Å². The molecule has 0 radical (unpaired) electrons. The topological polar surface area (TPSA) is 72.8 Å². The monoisotopic (exact) mass is 369 g/mol. The molecule has 2 heterocycles. The summed E-state index contributed by atoms with van der Waals surface area (Å²) < 4.78 is 24.6. The lowest BCUT2D eigenvalue weighted by Crippen LogP contribution is -1.91. The van der Waals surface area contributed by atoms with Crippen LogP contribution in [-0.2, 0) is 16.3 Å². The molecule has 3 aromatic rings. The first-order valence-corrected chi connectivity index (χ1v) is 10.5. The number of rotatable bonds is 5. The molecule has 114 valence electrons. The average molecular weight is 370 g/mol. The molecule has 0 amide bonds. The molecule has 1 aromatic carbocycles. The van der Waals surface area contributed by atoms with Gasteiger partial charge in [0.1, 0.15) is 9.22 Å². The molecule has 2 aromatic heterocycles. The predicted octanol–water partition coefficient (Wildman–Crippen LogP) is 3.14. The van der Waals surface area contributed by atoms with Crippen LogP contribution in [0.5, 0.6) is 0 Å². The van der Waals surface area contributed by atoms with E-state index in [4.69, 9.17) is 0 Å². The number of nitrogens with zero attached hydrogens (tertiary/aromatic N) is 3. The molecular weight excluding hydrogens is 358 g/mol.